The molecule has 0 radical (unpaired) electrons. The second kappa shape index (κ2) is 12.5. The maximum absolute atomic E-state index is 11.9. The zero-order chi connectivity index (χ0) is 24.8. The molecule has 7 heteroatoms. The first kappa shape index (κ1) is 27.1. The molecule has 3 rings (SSSR count). The summed E-state index contributed by atoms with van der Waals surface area (Å²) in [5.74, 6) is 0.231. The number of ether oxygens (including phenoxy) is 6. The lowest BCUT2D eigenvalue weighted by Gasteiger charge is -2.48. The minimum absolute atomic E-state index is 0.0311. The lowest BCUT2D eigenvalue weighted by molar-refractivity contribution is -0.334. The molecule has 7 nitrogen and oxygen atoms in total. The van der Waals surface area contributed by atoms with Crippen LogP contribution in [-0.2, 0) is 39.8 Å². The third kappa shape index (κ3) is 6.38. The van der Waals surface area contributed by atoms with Crippen molar-refractivity contribution in [2.45, 2.75) is 91.6 Å². The molecule has 2 fully saturated rings. The molecule has 2 saturated heterocycles. The Morgan fingerprint density at radius 2 is 1.53 bits per heavy atom. The molecule has 2 heterocycles. The van der Waals surface area contributed by atoms with Crippen LogP contribution in [0.3, 0.4) is 0 Å². The van der Waals surface area contributed by atoms with Crippen molar-refractivity contribution in [3.8, 4) is 0 Å². The highest BCUT2D eigenvalue weighted by Crippen LogP contribution is 2.39. The van der Waals surface area contributed by atoms with Gasteiger partial charge in [0.1, 0.15) is 6.10 Å². The molecule has 0 saturated carbocycles. The standard InChI is InChI=1S/C27H42O7/c1-8-22-16(2)17(3)25(31-20(6)28)27(32-22)34-24-18(4)19(5)26(29-7)33-23(24)15-30-14-21-12-10-9-11-13-21/h9-13,16-19,22-27H,8,14-15H2,1-7H3/t16-,17-,18+,19?,22?,23?,24-,25?,26-,27+/m0/s1. The molecule has 0 spiro atoms. The van der Waals surface area contributed by atoms with Crippen molar-refractivity contribution < 1.29 is 33.2 Å². The Morgan fingerprint density at radius 3 is 2.15 bits per heavy atom. The van der Waals surface area contributed by atoms with Crippen LogP contribution >= 0.6 is 0 Å². The van der Waals surface area contributed by atoms with E-state index in [0.717, 1.165) is 12.0 Å². The molecule has 0 N–H and O–H groups in total. The SMILES string of the molecule is CCC1O[C@H](O[C@@H]2C(COCc3ccccc3)O[C@H](OC)C(C)[C@H]2C)C(OC(C)=O)[C@@H](C)[C@@H]1C. The van der Waals surface area contributed by atoms with E-state index in [2.05, 4.69) is 34.6 Å². The van der Waals surface area contributed by atoms with Crippen molar-refractivity contribution in [2.75, 3.05) is 13.7 Å². The van der Waals surface area contributed by atoms with Gasteiger partial charge in [-0.2, -0.15) is 0 Å². The van der Waals surface area contributed by atoms with Crippen molar-refractivity contribution in [2.24, 2.45) is 23.7 Å². The zero-order valence-electron chi connectivity index (χ0n) is 21.6. The van der Waals surface area contributed by atoms with E-state index >= 15 is 0 Å². The fourth-order valence-electron chi connectivity index (χ4n) is 5.09. The summed E-state index contributed by atoms with van der Waals surface area (Å²) in [6, 6.07) is 10.0. The Morgan fingerprint density at radius 1 is 0.882 bits per heavy atom. The first-order valence-corrected chi connectivity index (χ1v) is 12.5. The summed E-state index contributed by atoms with van der Waals surface area (Å²) < 4.78 is 36.7. The fourth-order valence-corrected chi connectivity index (χ4v) is 5.09. The van der Waals surface area contributed by atoms with Crippen molar-refractivity contribution in [1.29, 1.82) is 0 Å². The minimum Gasteiger partial charge on any atom is -0.457 e. The van der Waals surface area contributed by atoms with Crippen LogP contribution < -0.4 is 0 Å². The smallest absolute Gasteiger partial charge is 0.303 e. The second-order valence-corrected chi connectivity index (χ2v) is 9.84. The van der Waals surface area contributed by atoms with Gasteiger partial charge in [0.15, 0.2) is 18.7 Å². The molecule has 10 atom stereocenters. The number of methoxy groups -OCH3 is 1. The Bertz CT molecular complexity index is 757. The van der Waals surface area contributed by atoms with Crippen LogP contribution in [0.5, 0.6) is 0 Å². The molecular formula is C27H42O7. The molecule has 0 aliphatic carbocycles. The third-order valence-corrected chi connectivity index (χ3v) is 7.59. The molecule has 0 amide bonds. The minimum atomic E-state index is -0.668. The van der Waals surface area contributed by atoms with Gasteiger partial charge in [-0.3, -0.25) is 4.79 Å². The van der Waals surface area contributed by atoms with E-state index in [1.807, 2.05) is 30.3 Å². The van der Waals surface area contributed by atoms with Gasteiger partial charge in [-0.05, 0) is 23.8 Å². The second-order valence-electron chi connectivity index (χ2n) is 9.84. The average Bonchev–Trinajstić information content (AvgIpc) is 2.83. The van der Waals surface area contributed by atoms with Crippen molar-refractivity contribution in [1.82, 2.24) is 0 Å². The molecule has 192 valence electrons. The monoisotopic (exact) mass is 478 g/mol. The van der Waals surface area contributed by atoms with Gasteiger partial charge in [0, 0.05) is 25.9 Å². The molecule has 0 aromatic heterocycles. The van der Waals surface area contributed by atoms with Gasteiger partial charge in [0.25, 0.3) is 0 Å². The number of esters is 1. The number of benzene rings is 1. The lowest BCUT2D eigenvalue weighted by atomic mass is 9.82. The third-order valence-electron chi connectivity index (χ3n) is 7.59. The van der Waals surface area contributed by atoms with E-state index in [0.29, 0.717) is 13.2 Å². The van der Waals surface area contributed by atoms with Gasteiger partial charge in [0.05, 0.1) is 25.4 Å². The Hall–Kier alpha value is -1.51. The van der Waals surface area contributed by atoms with Crippen LogP contribution in [0, 0.1) is 23.7 Å². The highest BCUT2D eigenvalue weighted by atomic mass is 16.7. The summed E-state index contributed by atoms with van der Waals surface area (Å²) in [4.78, 5) is 11.9. The Kier molecular flexibility index (Phi) is 9.92. The van der Waals surface area contributed by atoms with Gasteiger partial charge in [-0.25, -0.2) is 0 Å². The van der Waals surface area contributed by atoms with Crippen molar-refractivity contribution in [3.63, 3.8) is 0 Å². The van der Waals surface area contributed by atoms with Crippen LogP contribution in [0.4, 0.5) is 0 Å². The Balaban J connectivity index is 1.77. The number of rotatable bonds is 9. The fraction of sp³-hybridized carbons (Fsp3) is 0.741. The number of carbonyl (C=O) groups excluding carboxylic acids is 1. The highest BCUT2D eigenvalue weighted by Gasteiger charge is 2.49. The van der Waals surface area contributed by atoms with Gasteiger partial charge in [0.2, 0.25) is 0 Å². The largest absolute Gasteiger partial charge is 0.457 e. The molecule has 2 aliphatic heterocycles. The van der Waals surface area contributed by atoms with E-state index in [1.165, 1.54) is 6.92 Å². The molecule has 1 aromatic carbocycles. The molecular weight excluding hydrogens is 436 g/mol. The number of hydrogen-bond donors (Lipinski definition) is 0. The summed E-state index contributed by atoms with van der Waals surface area (Å²) in [5, 5.41) is 0. The maximum Gasteiger partial charge on any atom is 0.303 e. The number of hydrogen-bond acceptors (Lipinski definition) is 7. The molecule has 2 aliphatic rings. The molecule has 0 bridgehead atoms. The van der Waals surface area contributed by atoms with Crippen LogP contribution in [0.15, 0.2) is 30.3 Å². The zero-order valence-corrected chi connectivity index (χ0v) is 21.6. The normalized spacial score (nSPS) is 38.4. The lowest BCUT2D eigenvalue weighted by Crippen LogP contribution is -2.58. The average molecular weight is 479 g/mol. The van der Waals surface area contributed by atoms with Crippen LogP contribution in [-0.4, -0.2) is 56.7 Å². The van der Waals surface area contributed by atoms with E-state index in [9.17, 15) is 4.79 Å². The molecule has 34 heavy (non-hydrogen) atoms. The first-order chi connectivity index (χ1) is 16.3. The predicted octanol–water partition coefficient (Wildman–Crippen LogP) is 4.57. The van der Waals surface area contributed by atoms with Crippen LogP contribution in [0.2, 0.25) is 0 Å². The number of carbonyl (C=O) groups is 1. The summed E-state index contributed by atoms with van der Waals surface area (Å²) >= 11 is 0. The molecule has 4 unspecified atom stereocenters. The van der Waals surface area contributed by atoms with E-state index < -0.39 is 12.4 Å². The maximum atomic E-state index is 11.9. The first-order valence-electron chi connectivity index (χ1n) is 12.5. The summed E-state index contributed by atoms with van der Waals surface area (Å²) in [7, 11) is 1.66. The summed E-state index contributed by atoms with van der Waals surface area (Å²) in [6.07, 6.45) is -1.26. The van der Waals surface area contributed by atoms with Crippen LogP contribution in [0.25, 0.3) is 0 Å². The van der Waals surface area contributed by atoms with E-state index in [-0.39, 0.29) is 54.2 Å². The van der Waals surface area contributed by atoms with Gasteiger partial charge in [-0.15, -0.1) is 0 Å². The topological polar surface area (TPSA) is 72.5 Å². The van der Waals surface area contributed by atoms with Crippen LogP contribution in [0.1, 0.15) is 53.5 Å². The summed E-state index contributed by atoms with van der Waals surface area (Å²) in [6.45, 7) is 12.9. The molecule has 1 aromatic rings. The quantitative estimate of drug-likeness (QED) is 0.482. The van der Waals surface area contributed by atoms with Crippen molar-refractivity contribution in [3.05, 3.63) is 35.9 Å². The van der Waals surface area contributed by atoms with Gasteiger partial charge >= 0.3 is 5.97 Å². The van der Waals surface area contributed by atoms with Crippen molar-refractivity contribution >= 4 is 5.97 Å². The predicted molar refractivity (Wildman–Crippen MR) is 128 cm³/mol. The Labute approximate surface area is 204 Å². The van der Waals surface area contributed by atoms with E-state index in [1.54, 1.807) is 7.11 Å². The highest BCUT2D eigenvalue weighted by molar-refractivity contribution is 5.66. The summed E-state index contributed by atoms with van der Waals surface area (Å²) in [5.41, 5.74) is 1.10. The van der Waals surface area contributed by atoms with Gasteiger partial charge in [-0.1, -0.05) is 65.0 Å². The van der Waals surface area contributed by atoms with Gasteiger partial charge < -0.3 is 28.4 Å². The van der Waals surface area contributed by atoms with E-state index in [4.69, 9.17) is 28.4 Å².